The predicted molar refractivity (Wildman–Crippen MR) is 58.5 cm³/mol. The number of ether oxygens (including phenoxy) is 2. The number of rotatable bonds is 3. The van der Waals surface area contributed by atoms with Gasteiger partial charge in [-0.1, -0.05) is 0 Å². The number of carboxylic acids is 1. The molecule has 1 aliphatic rings. The Morgan fingerprint density at radius 1 is 1.59 bits per heavy atom. The summed E-state index contributed by atoms with van der Waals surface area (Å²) in [5.41, 5.74) is 0.419. The molecule has 0 atom stereocenters. The van der Waals surface area contributed by atoms with Crippen molar-refractivity contribution in [3.8, 4) is 11.5 Å². The number of benzene rings is 1. The highest BCUT2D eigenvalue weighted by Gasteiger charge is 2.27. The second-order valence-corrected chi connectivity index (χ2v) is 3.50. The average Bonchev–Trinajstić information content (AvgIpc) is 2.32. The van der Waals surface area contributed by atoms with E-state index in [2.05, 4.69) is 0 Å². The van der Waals surface area contributed by atoms with Crippen molar-refractivity contribution in [3.63, 3.8) is 0 Å². The zero-order valence-electron chi connectivity index (χ0n) is 9.17. The van der Waals surface area contributed by atoms with Gasteiger partial charge in [0, 0.05) is 6.07 Å². The minimum atomic E-state index is -1.07. The van der Waals surface area contributed by atoms with E-state index in [-0.39, 0.29) is 19.1 Å². The zero-order valence-corrected chi connectivity index (χ0v) is 9.17. The number of hydrogen-bond donors (Lipinski definition) is 1. The first-order valence-corrected chi connectivity index (χ1v) is 4.95. The highest BCUT2D eigenvalue weighted by Crippen LogP contribution is 2.35. The lowest BCUT2D eigenvalue weighted by atomic mass is 10.2. The van der Waals surface area contributed by atoms with E-state index >= 15 is 0 Å². The summed E-state index contributed by atoms with van der Waals surface area (Å²) in [5, 5.41) is 8.77. The molecule has 0 unspecified atom stereocenters. The summed E-state index contributed by atoms with van der Waals surface area (Å²) in [6, 6.07) is 4.92. The van der Waals surface area contributed by atoms with Crippen LogP contribution in [0.3, 0.4) is 0 Å². The van der Waals surface area contributed by atoms with Crippen molar-refractivity contribution >= 4 is 17.6 Å². The Hall–Kier alpha value is -2.24. The molecule has 1 aliphatic heterocycles. The summed E-state index contributed by atoms with van der Waals surface area (Å²) < 4.78 is 10.2. The van der Waals surface area contributed by atoms with Gasteiger partial charge in [0.25, 0.3) is 5.91 Å². The molecule has 6 heteroatoms. The number of carboxylic acid groups (broad SMARTS) is 1. The third-order valence-corrected chi connectivity index (χ3v) is 2.40. The monoisotopic (exact) mass is 237 g/mol. The molecule has 0 radical (unpaired) electrons. The van der Waals surface area contributed by atoms with Crippen molar-refractivity contribution in [1.29, 1.82) is 0 Å². The molecule has 1 aromatic rings. The molecule has 0 fully saturated rings. The fraction of sp³-hybridized carbons (Fsp3) is 0.273. The Kier molecular flexibility index (Phi) is 2.86. The van der Waals surface area contributed by atoms with Gasteiger partial charge in [-0.2, -0.15) is 0 Å². The minimum absolute atomic E-state index is 0.146. The average molecular weight is 237 g/mol. The predicted octanol–water partition coefficient (Wildman–Crippen LogP) is 0.505. The second-order valence-electron chi connectivity index (χ2n) is 3.50. The van der Waals surface area contributed by atoms with Gasteiger partial charge in [-0.25, -0.2) is 0 Å². The molecule has 2 rings (SSSR count). The smallest absolute Gasteiger partial charge is 0.323 e. The first-order valence-electron chi connectivity index (χ1n) is 4.95. The molecule has 17 heavy (non-hydrogen) atoms. The van der Waals surface area contributed by atoms with Gasteiger partial charge in [-0.15, -0.1) is 0 Å². The zero-order chi connectivity index (χ0) is 12.4. The van der Waals surface area contributed by atoms with Crippen LogP contribution in [0, 0.1) is 0 Å². The Balaban J connectivity index is 2.41. The first kappa shape index (κ1) is 11.3. The number of aliphatic carboxylic acids is 1. The SMILES string of the molecule is COc1ccc2c(c1)N(CC(=O)O)C(=O)CO2. The van der Waals surface area contributed by atoms with Gasteiger partial charge in [0.1, 0.15) is 18.0 Å². The van der Waals surface area contributed by atoms with Crippen LogP contribution in [0.1, 0.15) is 0 Å². The van der Waals surface area contributed by atoms with E-state index in [1.54, 1.807) is 18.2 Å². The molecule has 90 valence electrons. The van der Waals surface area contributed by atoms with Crippen LogP contribution in [0.25, 0.3) is 0 Å². The maximum Gasteiger partial charge on any atom is 0.323 e. The Labute approximate surface area is 97.4 Å². The van der Waals surface area contributed by atoms with Crippen LogP contribution in [0.5, 0.6) is 11.5 Å². The summed E-state index contributed by atoms with van der Waals surface area (Å²) in [7, 11) is 1.49. The van der Waals surface area contributed by atoms with Crippen LogP contribution in [0.4, 0.5) is 5.69 Å². The van der Waals surface area contributed by atoms with E-state index in [9.17, 15) is 9.59 Å². The summed E-state index contributed by atoms with van der Waals surface area (Å²) in [6.45, 7) is -0.533. The van der Waals surface area contributed by atoms with E-state index in [4.69, 9.17) is 14.6 Å². The molecular formula is C11H11NO5. The molecule has 1 aromatic carbocycles. The van der Waals surface area contributed by atoms with Gasteiger partial charge in [0.2, 0.25) is 0 Å². The molecule has 0 aliphatic carbocycles. The topological polar surface area (TPSA) is 76.1 Å². The van der Waals surface area contributed by atoms with Crippen LogP contribution in [-0.4, -0.2) is 37.2 Å². The molecule has 0 saturated heterocycles. The number of fused-ring (bicyclic) bond motifs is 1. The van der Waals surface area contributed by atoms with Crippen LogP contribution < -0.4 is 14.4 Å². The number of amides is 1. The van der Waals surface area contributed by atoms with Crippen molar-refractivity contribution in [2.75, 3.05) is 25.2 Å². The van der Waals surface area contributed by atoms with E-state index in [0.29, 0.717) is 17.2 Å². The third kappa shape index (κ3) is 2.15. The first-order chi connectivity index (χ1) is 8.11. The van der Waals surface area contributed by atoms with Crippen LogP contribution in [-0.2, 0) is 9.59 Å². The van der Waals surface area contributed by atoms with Crippen molar-refractivity contribution in [1.82, 2.24) is 0 Å². The molecule has 0 spiro atoms. The number of methoxy groups -OCH3 is 1. The molecule has 1 heterocycles. The van der Waals surface area contributed by atoms with Gasteiger partial charge in [0.05, 0.1) is 12.8 Å². The maximum absolute atomic E-state index is 11.6. The molecule has 6 nitrogen and oxygen atoms in total. The fourth-order valence-corrected chi connectivity index (χ4v) is 1.62. The molecular weight excluding hydrogens is 226 g/mol. The largest absolute Gasteiger partial charge is 0.497 e. The summed E-state index contributed by atoms with van der Waals surface area (Å²) in [5.74, 6) is -0.439. The fourth-order valence-electron chi connectivity index (χ4n) is 1.62. The number of carbonyl (C=O) groups is 2. The van der Waals surface area contributed by atoms with Gasteiger partial charge < -0.3 is 14.6 Å². The highest BCUT2D eigenvalue weighted by molar-refractivity contribution is 6.01. The molecule has 0 bridgehead atoms. The summed E-state index contributed by atoms with van der Waals surface area (Å²) in [4.78, 5) is 23.5. The number of carbonyl (C=O) groups excluding carboxylic acids is 1. The van der Waals surface area contributed by atoms with Gasteiger partial charge in [-0.05, 0) is 12.1 Å². The van der Waals surface area contributed by atoms with E-state index < -0.39 is 5.97 Å². The van der Waals surface area contributed by atoms with E-state index in [1.807, 2.05) is 0 Å². The molecule has 1 amide bonds. The van der Waals surface area contributed by atoms with Crippen molar-refractivity contribution < 1.29 is 24.2 Å². The normalized spacial score (nSPS) is 13.9. The molecule has 1 N–H and O–H groups in total. The number of anilines is 1. The van der Waals surface area contributed by atoms with Crippen LogP contribution in [0.2, 0.25) is 0 Å². The van der Waals surface area contributed by atoms with E-state index in [0.717, 1.165) is 0 Å². The Morgan fingerprint density at radius 3 is 3.00 bits per heavy atom. The lowest BCUT2D eigenvalue weighted by molar-refractivity contribution is -0.137. The molecule has 0 saturated carbocycles. The number of nitrogens with zero attached hydrogens (tertiary/aromatic N) is 1. The lowest BCUT2D eigenvalue weighted by Crippen LogP contribution is -2.41. The number of hydrogen-bond acceptors (Lipinski definition) is 4. The standard InChI is InChI=1S/C11H11NO5/c1-16-7-2-3-9-8(4-7)12(5-11(14)15)10(13)6-17-9/h2-4H,5-6H2,1H3,(H,14,15). The van der Waals surface area contributed by atoms with Crippen molar-refractivity contribution in [2.24, 2.45) is 0 Å². The Bertz CT molecular complexity index is 471. The van der Waals surface area contributed by atoms with Crippen LogP contribution in [0.15, 0.2) is 18.2 Å². The summed E-state index contributed by atoms with van der Waals surface area (Å²) >= 11 is 0. The minimum Gasteiger partial charge on any atom is -0.497 e. The maximum atomic E-state index is 11.6. The van der Waals surface area contributed by atoms with Gasteiger partial charge in [0.15, 0.2) is 6.61 Å². The van der Waals surface area contributed by atoms with E-state index in [1.165, 1.54) is 12.0 Å². The molecule has 0 aromatic heterocycles. The Morgan fingerprint density at radius 2 is 2.35 bits per heavy atom. The van der Waals surface area contributed by atoms with Crippen molar-refractivity contribution in [3.05, 3.63) is 18.2 Å². The van der Waals surface area contributed by atoms with Crippen LogP contribution >= 0.6 is 0 Å². The van der Waals surface area contributed by atoms with Gasteiger partial charge >= 0.3 is 5.97 Å². The third-order valence-electron chi connectivity index (χ3n) is 2.40. The van der Waals surface area contributed by atoms with Gasteiger partial charge in [-0.3, -0.25) is 14.5 Å². The summed E-state index contributed by atoms with van der Waals surface area (Å²) in [6.07, 6.45) is 0. The quantitative estimate of drug-likeness (QED) is 0.828. The second kappa shape index (κ2) is 4.32. The van der Waals surface area contributed by atoms with Crippen molar-refractivity contribution in [2.45, 2.75) is 0 Å². The lowest BCUT2D eigenvalue weighted by Gasteiger charge is -2.28. The highest BCUT2D eigenvalue weighted by atomic mass is 16.5.